The van der Waals surface area contributed by atoms with Gasteiger partial charge in [0.05, 0.1) is 11.9 Å². The molecule has 1 fully saturated rings. The Kier molecular flexibility index (Phi) is 5.36. The van der Waals surface area contributed by atoms with Crippen LogP contribution in [0.15, 0.2) is 41.0 Å². The van der Waals surface area contributed by atoms with Crippen LogP contribution >= 0.6 is 28.1 Å². The smallest absolute Gasteiger partial charge is 0.173 e. The van der Waals surface area contributed by atoms with E-state index in [2.05, 4.69) is 61.2 Å². The van der Waals surface area contributed by atoms with E-state index in [0.717, 1.165) is 47.1 Å². The molecule has 4 nitrogen and oxygen atoms in total. The van der Waals surface area contributed by atoms with Gasteiger partial charge in [0.2, 0.25) is 0 Å². The molecule has 126 valence electrons. The van der Waals surface area contributed by atoms with Crippen LogP contribution in [-0.2, 0) is 0 Å². The number of pyridine rings is 1. The molecule has 6 heteroatoms. The molecule has 0 unspecified atom stereocenters. The van der Waals surface area contributed by atoms with Gasteiger partial charge in [-0.3, -0.25) is 4.98 Å². The van der Waals surface area contributed by atoms with Crippen molar-refractivity contribution in [2.75, 3.05) is 36.4 Å². The lowest BCUT2D eigenvalue weighted by Gasteiger charge is -2.38. The summed E-state index contributed by atoms with van der Waals surface area (Å²) in [4.78, 5) is 8.94. The molecule has 1 aliphatic rings. The second-order valence-corrected chi connectivity index (χ2v) is 7.33. The van der Waals surface area contributed by atoms with Gasteiger partial charge < -0.3 is 15.1 Å². The molecule has 0 radical (unpaired) electrons. The summed E-state index contributed by atoms with van der Waals surface area (Å²) >= 11 is 9.08. The van der Waals surface area contributed by atoms with Crippen LogP contribution in [0.4, 0.5) is 11.4 Å². The Morgan fingerprint density at radius 1 is 1.12 bits per heavy atom. The Morgan fingerprint density at radius 2 is 1.88 bits per heavy atom. The minimum atomic E-state index is 0.771. The van der Waals surface area contributed by atoms with Crippen LogP contribution in [0.2, 0.25) is 0 Å². The number of hydrogen-bond acceptors (Lipinski definition) is 3. The minimum Gasteiger partial charge on any atom is -0.368 e. The molecule has 0 spiro atoms. The third kappa shape index (κ3) is 4.05. The molecule has 3 rings (SSSR count). The normalized spacial score (nSPS) is 14.6. The Bertz CT molecular complexity index is 724. The predicted octanol–water partition coefficient (Wildman–Crippen LogP) is 3.98. The number of aromatic nitrogens is 1. The molecular weight excluding hydrogens is 384 g/mol. The van der Waals surface area contributed by atoms with Crippen LogP contribution < -0.4 is 10.2 Å². The molecular formula is C18H21BrN4S. The summed E-state index contributed by atoms with van der Waals surface area (Å²) in [6.45, 7) is 7.91. The number of piperazine rings is 1. The van der Waals surface area contributed by atoms with Gasteiger partial charge in [-0.1, -0.05) is 15.9 Å². The maximum atomic E-state index is 5.55. The number of hydrogen-bond donors (Lipinski definition) is 1. The molecule has 1 saturated heterocycles. The quantitative estimate of drug-likeness (QED) is 0.764. The first-order valence-electron chi connectivity index (χ1n) is 8.02. The van der Waals surface area contributed by atoms with Crippen LogP contribution in [0.25, 0.3) is 0 Å². The maximum Gasteiger partial charge on any atom is 0.173 e. The first-order valence-corrected chi connectivity index (χ1v) is 9.23. The van der Waals surface area contributed by atoms with E-state index in [1.54, 1.807) is 0 Å². The molecule has 0 saturated carbocycles. The van der Waals surface area contributed by atoms with Gasteiger partial charge >= 0.3 is 0 Å². The lowest BCUT2D eigenvalue weighted by Crippen LogP contribution is -2.50. The molecule has 2 aromatic rings. The van der Waals surface area contributed by atoms with E-state index in [0.29, 0.717) is 0 Å². The maximum absolute atomic E-state index is 5.55. The van der Waals surface area contributed by atoms with Crippen LogP contribution in [0.3, 0.4) is 0 Å². The van der Waals surface area contributed by atoms with Crippen molar-refractivity contribution in [2.45, 2.75) is 13.8 Å². The van der Waals surface area contributed by atoms with Crippen molar-refractivity contribution in [3.05, 3.63) is 52.3 Å². The van der Waals surface area contributed by atoms with Crippen molar-refractivity contribution in [1.29, 1.82) is 0 Å². The Hall–Kier alpha value is -1.66. The van der Waals surface area contributed by atoms with Gasteiger partial charge in [-0.05, 0) is 62.0 Å². The van der Waals surface area contributed by atoms with E-state index >= 15 is 0 Å². The van der Waals surface area contributed by atoms with E-state index < -0.39 is 0 Å². The van der Waals surface area contributed by atoms with Crippen molar-refractivity contribution in [3.8, 4) is 0 Å². The van der Waals surface area contributed by atoms with Crippen molar-refractivity contribution in [2.24, 2.45) is 0 Å². The van der Waals surface area contributed by atoms with Crippen LogP contribution in [0.1, 0.15) is 11.3 Å². The second-order valence-electron chi connectivity index (χ2n) is 6.02. The first kappa shape index (κ1) is 17.2. The zero-order valence-electron chi connectivity index (χ0n) is 13.9. The summed E-state index contributed by atoms with van der Waals surface area (Å²) in [5.74, 6) is 0. The van der Waals surface area contributed by atoms with Crippen LogP contribution in [-0.4, -0.2) is 41.2 Å². The second kappa shape index (κ2) is 7.49. The highest BCUT2D eigenvalue weighted by Gasteiger charge is 2.20. The molecule has 0 bridgehead atoms. The fraction of sp³-hybridized carbons (Fsp3) is 0.333. The van der Waals surface area contributed by atoms with Gasteiger partial charge in [-0.15, -0.1) is 0 Å². The molecule has 24 heavy (non-hydrogen) atoms. The van der Waals surface area contributed by atoms with E-state index in [9.17, 15) is 0 Å². The van der Waals surface area contributed by atoms with Crippen molar-refractivity contribution in [3.63, 3.8) is 0 Å². The summed E-state index contributed by atoms with van der Waals surface area (Å²) in [7, 11) is 0. The monoisotopic (exact) mass is 404 g/mol. The number of benzene rings is 1. The molecule has 1 aliphatic heterocycles. The third-order valence-corrected chi connectivity index (χ3v) is 5.08. The predicted molar refractivity (Wildman–Crippen MR) is 108 cm³/mol. The Labute approximate surface area is 157 Å². The van der Waals surface area contributed by atoms with Crippen molar-refractivity contribution in [1.82, 2.24) is 9.88 Å². The molecule has 1 aromatic carbocycles. The van der Waals surface area contributed by atoms with Gasteiger partial charge in [0.1, 0.15) is 0 Å². The van der Waals surface area contributed by atoms with E-state index in [1.807, 2.05) is 25.3 Å². The van der Waals surface area contributed by atoms with Crippen LogP contribution in [0.5, 0.6) is 0 Å². The average molecular weight is 405 g/mol. The Morgan fingerprint density at radius 3 is 2.50 bits per heavy atom. The lowest BCUT2D eigenvalue weighted by atomic mass is 10.1. The van der Waals surface area contributed by atoms with Gasteiger partial charge in [0.25, 0.3) is 0 Å². The SMILES string of the molecule is Cc1ccc(NC(=S)N2CCN(c3ccc(Br)cc3C)CC2)cn1. The highest BCUT2D eigenvalue weighted by molar-refractivity contribution is 9.10. The van der Waals surface area contributed by atoms with Crippen molar-refractivity contribution < 1.29 is 0 Å². The average Bonchev–Trinajstić information content (AvgIpc) is 2.57. The number of rotatable bonds is 2. The minimum absolute atomic E-state index is 0.771. The molecule has 0 atom stereocenters. The third-order valence-electron chi connectivity index (χ3n) is 4.23. The summed E-state index contributed by atoms with van der Waals surface area (Å²) < 4.78 is 1.12. The molecule has 2 heterocycles. The summed E-state index contributed by atoms with van der Waals surface area (Å²) in [6, 6.07) is 10.4. The standard InChI is InChI=1S/C18H21BrN4S/c1-13-11-15(19)4-6-17(13)22-7-9-23(10-8-22)18(24)21-16-5-3-14(2)20-12-16/h3-6,11-12H,7-10H2,1-2H3,(H,21,24). The topological polar surface area (TPSA) is 31.4 Å². The summed E-state index contributed by atoms with van der Waals surface area (Å²) in [6.07, 6.45) is 1.82. The number of halogens is 1. The number of thiocarbonyl (C=S) groups is 1. The molecule has 0 aliphatic carbocycles. The zero-order valence-corrected chi connectivity index (χ0v) is 16.3. The fourth-order valence-corrected chi connectivity index (χ4v) is 3.64. The summed E-state index contributed by atoms with van der Waals surface area (Å²) in [5.41, 5.74) is 4.55. The number of anilines is 2. The number of aryl methyl sites for hydroxylation is 2. The Balaban J connectivity index is 1.58. The largest absolute Gasteiger partial charge is 0.368 e. The van der Waals surface area contributed by atoms with Gasteiger partial charge in [-0.2, -0.15) is 0 Å². The van der Waals surface area contributed by atoms with Gasteiger partial charge in [0.15, 0.2) is 5.11 Å². The fourth-order valence-electron chi connectivity index (χ4n) is 2.87. The summed E-state index contributed by atoms with van der Waals surface area (Å²) in [5, 5.41) is 4.05. The number of nitrogens with zero attached hydrogens (tertiary/aromatic N) is 3. The molecule has 1 aromatic heterocycles. The van der Waals surface area contributed by atoms with E-state index in [-0.39, 0.29) is 0 Å². The van der Waals surface area contributed by atoms with E-state index in [4.69, 9.17) is 12.2 Å². The zero-order chi connectivity index (χ0) is 17.1. The van der Waals surface area contributed by atoms with Gasteiger partial charge in [-0.25, -0.2) is 0 Å². The highest BCUT2D eigenvalue weighted by Crippen LogP contribution is 2.25. The van der Waals surface area contributed by atoms with Crippen LogP contribution in [0, 0.1) is 13.8 Å². The van der Waals surface area contributed by atoms with E-state index in [1.165, 1.54) is 11.3 Å². The highest BCUT2D eigenvalue weighted by atomic mass is 79.9. The molecule has 1 N–H and O–H groups in total. The number of nitrogens with one attached hydrogen (secondary N) is 1. The lowest BCUT2D eigenvalue weighted by molar-refractivity contribution is 0.390. The van der Waals surface area contributed by atoms with Crippen molar-refractivity contribution >= 4 is 44.6 Å². The molecule has 0 amide bonds. The van der Waals surface area contributed by atoms with Gasteiger partial charge in [0, 0.05) is 42.0 Å². The first-order chi connectivity index (χ1) is 11.5.